The Kier molecular flexibility index (Phi) is 8.39. The van der Waals surface area contributed by atoms with E-state index in [4.69, 9.17) is 9.47 Å². The molecule has 2 aliphatic rings. The zero-order valence-electron chi connectivity index (χ0n) is 23.4. The largest absolute Gasteiger partial charge is 0.490 e. The summed E-state index contributed by atoms with van der Waals surface area (Å²) in [6.07, 6.45) is 6.05. The van der Waals surface area contributed by atoms with Crippen molar-refractivity contribution in [2.75, 3.05) is 24.5 Å². The average molecular weight is 550 g/mol. The normalized spacial score (nSPS) is 17.4. The number of benzene rings is 1. The number of nitrogens with zero attached hydrogens (tertiary/aromatic N) is 6. The van der Waals surface area contributed by atoms with E-state index in [1.165, 1.54) is 18.2 Å². The van der Waals surface area contributed by atoms with Crippen LogP contribution >= 0.6 is 0 Å². The van der Waals surface area contributed by atoms with E-state index in [0.29, 0.717) is 18.4 Å². The monoisotopic (exact) mass is 549 g/mol. The Bertz CT molecular complexity index is 1350. The predicted molar refractivity (Wildman–Crippen MR) is 148 cm³/mol. The molecule has 4 heterocycles. The van der Waals surface area contributed by atoms with Gasteiger partial charge in [0.05, 0.1) is 17.5 Å². The number of pyridine rings is 1. The van der Waals surface area contributed by atoms with E-state index < -0.39 is 5.82 Å². The lowest BCUT2D eigenvalue weighted by atomic mass is 10.0. The Balaban J connectivity index is 1.25. The van der Waals surface area contributed by atoms with Gasteiger partial charge in [-0.1, -0.05) is 5.10 Å². The topological polar surface area (TPSA) is 106 Å². The number of rotatable bonds is 8. The number of aromatic nitrogens is 4. The summed E-state index contributed by atoms with van der Waals surface area (Å²) >= 11 is 0. The van der Waals surface area contributed by atoms with Crippen molar-refractivity contribution in [3.63, 3.8) is 0 Å². The number of carbonyl (C=O) groups excluding carboxylic acids is 1. The predicted octanol–water partition coefficient (Wildman–Crippen LogP) is 4.15. The van der Waals surface area contributed by atoms with Crippen LogP contribution < -0.4 is 19.7 Å². The summed E-state index contributed by atoms with van der Waals surface area (Å²) < 4.78 is 26.4. The van der Waals surface area contributed by atoms with Crippen molar-refractivity contribution in [1.29, 1.82) is 0 Å². The molecule has 0 saturated carbocycles. The first-order valence-electron chi connectivity index (χ1n) is 13.9. The molecule has 0 bridgehead atoms. The highest BCUT2D eigenvalue weighted by Gasteiger charge is 2.26. The summed E-state index contributed by atoms with van der Waals surface area (Å²) in [6.45, 7) is 10.6. The van der Waals surface area contributed by atoms with Crippen LogP contribution in [-0.4, -0.2) is 68.8 Å². The van der Waals surface area contributed by atoms with Gasteiger partial charge in [-0.05, 0) is 52.0 Å². The van der Waals surface area contributed by atoms with Crippen LogP contribution in [0.25, 0.3) is 0 Å². The molecule has 1 fully saturated rings. The molecule has 1 atom stereocenters. The van der Waals surface area contributed by atoms with E-state index in [9.17, 15) is 9.18 Å². The van der Waals surface area contributed by atoms with Gasteiger partial charge in [0.25, 0.3) is 5.91 Å². The molecule has 1 aromatic carbocycles. The average Bonchev–Trinajstić information content (AvgIpc) is 2.94. The minimum absolute atomic E-state index is 0.00531. The molecule has 11 heteroatoms. The summed E-state index contributed by atoms with van der Waals surface area (Å²) in [7, 11) is 0. The minimum Gasteiger partial charge on any atom is -0.490 e. The van der Waals surface area contributed by atoms with Gasteiger partial charge in [-0.25, -0.2) is 4.39 Å². The van der Waals surface area contributed by atoms with Crippen molar-refractivity contribution in [2.45, 2.75) is 71.7 Å². The van der Waals surface area contributed by atoms with E-state index in [1.54, 1.807) is 11.1 Å². The van der Waals surface area contributed by atoms with Crippen molar-refractivity contribution in [2.24, 2.45) is 0 Å². The van der Waals surface area contributed by atoms with Crippen molar-refractivity contribution >= 4 is 11.7 Å². The Morgan fingerprint density at radius 2 is 2.02 bits per heavy atom. The second-order valence-corrected chi connectivity index (χ2v) is 10.5. The van der Waals surface area contributed by atoms with Crippen LogP contribution in [0.1, 0.15) is 62.2 Å². The van der Waals surface area contributed by atoms with Gasteiger partial charge in [-0.3, -0.25) is 9.78 Å². The molecule has 40 heavy (non-hydrogen) atoms. The van der Waals surface area contributed by atoms with E-state index in [2.05, 4.69) is 37.3 Å². The molecule has 212 valence electrons. The van der Waals surface area contributed by atoms with Crippen molar-refractivity contribution < 1.29 is 18.7 Å². The quantitative estimate of drug-likeness (QED) is 0.444. The highest BCUT2D eigenvalue weighted by atomic mass is 19.1. The van der Waals surface area contributed by atoms with Gasteiger partial charge in [0.1, 0.15) is 23.4 Å². The number of carbonyl (C=O) groups is 1. The fourth-order valence-corrected chi connectivity index (χ4v) is 5.24. The summed E-state index contributed by atoms with van der Waals surface area (Å²) in [5.74, 6) is 0.868. The van der Waals surface area contributed by atoms with Crippen molar-refractivity contribution in [3.05, 3.63) is 59.3 Å². The standard InChI is InChI=1S/C29H36FN7O3/c1-5-37(18(2)3)28(38)22-15-20(30)6-7-25(22)40-29-34-27(17-33-35-29)36-12-9-21(10-13-36)39-26-8-11-31-24-14-19(4)32-16-23(24)26/h6-8,11,15,17-19,21,32H,5,9-10,12-14,16H2,1-4H3. The lowest BCUT2D eigenvalue weighted by Crippen LogP contribution is -2.39. The summed E-state index contributed by atoms with van der Waals surface area (Å²) in [6, 6.07) is 6.16. The molecule has 1 N–H and O–H groups in total. The van der Waals surface area contributed by atoms with Crippen LogP contribution in [-0.2, 0) is 13.0 Å². The molecule has 1 saturated heterocycles. The van der Waals surface area contributed by atoms with Gasteiger partial charge >= 0.3 is 6.01 Å². The maximum absolute atomic E-state index is 14.1. The number of fused-ring (bicyclic) bond motifs is 1. The van der Waals surface area contributed by atoms with E-state index >= 15 is 0 Å². The SMILES string of the molecule is CCN(C(=O)c1cc(F)ccc1Oc1nncc(N2CCC(Oc3ccnc4c3CNC(C)C4)CC2)n1)C(C)C. The molecule has 0 radical (unpaired) electrons. The van der Waals surface area contributed by atoms with Gasteiger partial charge in [-0.2, -0.15) is 10.1 Å². The summed E-state index contributed by atoms with van der Waals surface area (Å²) in [5, 5.41) is 11.6. The van der Waals surface area contributed by atoms with E-state index in [-0.39, 0.29) is 35.4 Å². The molecule has 1 amide bonds. The fraction of sp³-hybridized carbons (Fsp3) is 0.483. The number of nitrogens with one attached hydrogen (secondary N) is 1. The second-order valence-electron chi connectivity index (χ2n) is 10.5. The Hall–Kier alpha value is -3.86. The lowest BCUT2D eigenvalue weighted by molar-refractivity contribution is 0.0713. The van der Waals surface area contributed by atoms with Crippen LogP contribution in [0.5, 0.6) is 17.5 Å². The molecule has 2 aliphatic heterocycles. The number of piperidine rings is 1. The molecule has 3 aromatic rings. The Labute approximate surface area is 233 Å². The molecule has 5 rings (SSSR count). The zero-order chi connectivity index (χ0) is 28.2. The third-order valence-corrected chi connectivity index (χ3v) is 7.41. The second kappa shape index (κ2) is 12.1. The van der Waals surface area contributed by atoms with Gasteiger partial charge in [-0.15, -0.1) is 0 Å². The van der Waals surface area contributed by atoms with Crippen LogP contribution in [0.3, 0.4) is 0 Å². The highest BCUT2D eigenvalue weighted by Crippen LogP contribution is 2.30. The van der Waals surface area contributed by atoms with E-state index in [1.807, 2.05) is 33.0 Å². The first kappa shape index (κ1) is 27.7. The van der Waals surface area contributed by atoms with Crippen molar-refractivity contribution in [1.82, 2.24) is 30.4 Å². The molecule has 10 nitrogen and oxygen atoms in total. The van der Waals surface area contributed by atoms with Crippen LogP contribution in [0.2, 0.25) is 0 Å². The smallest absolute Gasteiger partial charge is 0.343 e. The molecule has 2 aromatic heterocycles. The van der Waals surface area contributed by atoms with Gasteiger partial charge < -0.3 is 24.6 Å². The van der Waals surface area contributed by atoms with E-state index in [0.717, 1.165) is 55.9 Å². The number of hydrogen-bond donors (Lipinski definition) is 1. The fourth-order valence-electron chi connectivity index (χ4n) is 5.24. The van der Waals surface area contributed by atoms with Gasteiger partial charge in [0.2, 0.25) is 0 Å². The molecule has 1 unspecified atom stereocenters. The number of halogens is 1. The number of hydrogen-bond acceptors (Lipinski definition) is 9. The lowest BCUT2D eigenvalue weighted by Gasteiger charge is -2.33. The zero-order valence-corrected chi connectivity index (χ0v) is 23.4. The number of amides is 1. The third kappa shape index (κ3) is 6.14. The van der Waals surface area contributed by atoms with Crippen molar-refractivity contribution in [3.8, 4) is 17.5 Å². The summed E-state index contributed by atoms with van der Waals surface area (Å²) in [5.41, 5.74) is 2.38. The highest BCUT2D eigenvalue weighted by molar-refractivity contribution is 5.97. The number of ether oxygens (including phenoxy) is 2. The number of anilines is 1. The Morgan fingerprint density at radius 1 is 1.23 bits per heavy atom. The van der Waals surface area contributed by atoms with Crippen LogP contribution in [0.15, 0.2) is 36.7 Å². The maximum atomic E-state index is 14.1. The maximum Gasteiger partial charge on any atom is 0.343 e. The first-order chi connectivity index (χ1) is 19.3. The molecule has 0 spiro atoms. The molecule has 0 aliphatic carbocycles. The van der Waals surface area contributed by atoms with Gasteiger partial charge in [0.15, 0.2) is 5.82 Å². The molecular weight excluding hydrogens is 513 g/mol. The first-order valence-corrected chi connectivity index (χ1v) is 13.9. The van der Waals surface area contributed by atoms with Gasteiger partial charge in [0, 0.05) is 69.3 Å². The minimum atomic E-state index is -0.522. The third-order valence-electron chi connectivity index (χ3n) is 7.41. The Morgan fingerprint density at radius 3 is 2.77 bits per heavy atom. The van der Waals surface area contributed by atoms with Crippen LogP contribution in [0.4, 0.5) is 10.2 Å². The van der Waals surface area contributed by atoms with Crippen LogP contribution in [0, 0.1) is 5.82 Å². The molecular formula is C29H36FN7O3. The summed E-state index contributed by atoms with van der Waals surface area (Å²) in [4.78, 5) is 26.0.